The Morgan fingerprint density at radius 2 is 1.91 bits per heavy atom. The van der Waals surface area contributed by atoms with Gasteiger partial charge < -0.3 is 10.1 Å². The number of rotatable bonds is 6. The SMILES string of the molecule is Cc1cccc(NC(=O)COc2ccc([C@@H]3SCC(=O)N3c3ccc(Cl)cc3)cc2Cl)c1. The van der Waals surface area contributed by atoms with Crippen molar-refractivity contribution in [3.8, 4) is 5.75 Å². The highest BCUT2D eigenvalue weighted by molar-refractivity contribution is 8.00. The minimum atomic E-state index is -0.276. The van der Waals surface area contributed by atoms with E-state index in [1.165, 1.54) is 11.8 Å². The van der Waals surface area contributed by atoms with Crippen molar-refractivity contribution in [3.63, 3.8) is 0 Å². The number of nitrogens with one attached hydrogen (secondary N) is 1. The van der Waals surface area contributed by atoms with Crippen LogP contribution >= 0.6 is 35.0 Å². The van der Waals surface area contributed by atoms with Gasteiger partial charge >= 0.3 is 0 Å². The fourth-order valence-electron chi connectivity index (χ4n) is 3.40. The lowest BCUT2D eigenvalue weighted by molar-refractivity contribution is -0.118. The molecule has 3 aromatic carbocycles. The Hall–Kier alpha value is -2.67. The van der Waals surface area contributed by atoms with Crippen molar-refractivity contribution >= 4 is 58.2 Å². The number of ether oxygens (including phenoxy) is 1. The number of nitrogens with zero attached hydrogens (tertiary/aromatic N) is 1. The average molecular weight is 487 g/mol. The number of carbonyl (C=O) groups is 2. The molecule has 0 bridgehead atoms. The van der Waals surface area contributed by atoms with E-state index in [1.807, 2.05) is 49.4 Å². The number of hydrogen-bond acceptors (Lipinski definition) is 4. The molecule has 1 N–H and O–H groups in total. The van der Waals surface area contributed by atoms with Gasteiger partial charge in [0.05, 0.1) is 10.8 Å². The third kappa shape index (κ3) is 5.21. The number of anilines is 2. The minimum Gasteiger partial charge on any atom is -0.482 e. The van der Waals surface area contributed by atoms with E-state index < -0.39 is 0 Å². The van der Waals surface area contributed by atoms with Crippen molar-refractivity contribution < 1.29 is 14.3 Å². The van der Waals surface area contributed by atoms with Crippen LogP contribution in [0.2, 0.25) is 10.0 Å². The highest BCUT2D eigenvalue weighted by Gasteiger charge is 2.34. The van der Waals surface area contributed by atoms with Gasteiger partial charge in [0, 0.05) is 16.4 Å². The van der Waals surface area contributed by atoms with Crippen molar-refractivity contribution in [2.45, 2.75) is 12.3 Å². The Morgan fingerprint density at radius 3 is 2.62 bits per heavy atom. The minimum absolute atomic E-state index is 0.0200. The number of thioether (sulfide) groups is 1. The largest absolute Gasteiger partial charge is 0.482 e. The Morgan fingerprint density at radius 1 is 1.12 bits per heavy atom. The van der Waals surface area contributed by atoms with Gasteiger partial charge in [-0.1, -0.05) is 41.4 Å². The Kier molecular flexibility index (Phi) is 6.94. The first-order valence-electron chi connectivity index (χ1n) is 9.89. The normalized spacial score (nSPS) is 15.7. The number of benzene rings is 3. The van der Waals surface area contributed by atoms with Gasteiger partial charge in [-0.2, -0.15) is 0 Å². The Balaban J connectivity index is 1.44. The molecule has 1 fully saturated rings. The highest BCUT2D eigenvalue weighted by Crippen LogP contribution is 2.43. The van der Waals surface area contributed by atoms with Gasteiger partial charge in [-0.3, -0.25) is 14.5 Å². The van der Waals surface area contributed by atoms with Crippen LogP contribution in [0.25, 0.3) is 0 Å². The monoisotopic (exact) mass is 486 g/mol. The van der Waals surface area contributed by atoms with Crippen LogP contribution in [0.1, 0.15) is 16.5 Å². The summed E-state index contributed by atoms with van der Waals surface area (Å²) in [5.41, 5.74) is 3.42. The molecule has 0 aromatic heterocycles. The fourth-order valence-corrected chi connectivity index (χ4v) is 4.94. The van der Waals surface area contributed by atoms with Crippen molar-refractivity contribution in [3.05, 3.63) is 87.9 Å². The summed E-state index contributed by atoms with van der Waals surface area (Å²) in [6.45, 7) is 1.79. The molecule has 3 aromatic rings. The Bertz CT molecular complexity index is 1150. The summed E-state index contributed by atoms with van der Waals surface area (Å²) in [6, 6.07) is 20.1. The molecule has 5 nitrogen and oxygen atoms in total. The van der Waals surface area contributed by atoms with E-state index in [0.717, 1.165) is 16.8 Å². The van der Waals surface area contributed by atoms with Crippen LogP contribution in [-0.4, -0.2) is 24.2 Å². The van der Waals surface area contributed by atoms with E-state index in [0.29, 0.717) is 27.2 Å². The lowest BCUT2D eigenvalue weighted by Crippen LogP contribution is -2.27. The first kappa shape index (κ1) is 22.5. The zero-order chi connectivity index (χ0) is 22.7. The highest BCUT2D eigenvalue weighted by atomic mass is 35.5. The second-order valence-corrected chi connectivity index (χ2v) is 9.21. The van der Waals surface area contributed by atoms with Crippen LogP contribution in [0.3, 0.4) is 0 Å². The van der Waals surface area contributed by atoms with Crippen LogP contribution in [0.5, 0.6) is 5.75 Å². The Labute approximate surface area is 200 Å². The number of amides is 2. The molecular weight excluding hydrogens is 467 g/mol. The second kappa shape index (κ2) is 9.86. The average Bonchev–Trinajstić information content (AvgIpc) is 3.15. The van der Waals surface area contributed by atoms with E-state index >= 15 is 0 Å². The lowest BCUT2D eigenvalue weighted by atomic mass is 10.1. The summed E-state index contributed by atoms with van der Waals surface area (Å²) in [5, 5.41) is 3.58. The maximum absolute atomic E-state index is 12.5. The van der Waals surface area contributed by atoms with Gasteiger partial charge in [-0.05, 0) is 66.6 Å². The van der Waals surface area contributed by atoms with Gasteiger partial charge in [0.2, 0.25) is 5.91 Å². The molecule has 0 unspecified atom stereocenters. The van der Waals surface area contributed by atoms with E-state index in [1.54, 1.807) is 29.2 Å². The maximum atomic E-state index is 12.5. The number of aryl methyl sites for hydroxylation is 1. The zero-order valence-corrected chi connectivity index (χ0v) is 19.5. The predicted octanol–water partition coefficient (Wildman–Crippen LogP) is 6.10. The van der Waals surface area contributed by atoms with Crippen LogP contribution in [0.15, 0.2) is 66.7 Å². The smallest absolute Gasteiger partial charge is 0.262 e. The summed E-state index contributed by atoms with van der Waals surface area (Å²) in [6.07, 6.45) is 0. The van der Waals surface area contributed by atoms with E-state index in [9.17, 15) is 9.59 Å². The van der Waals surface area contributed by atoms with Crippen molar-refractivity contribution in [2.24, 2.45) is 0 Å². The molecule has 32 heavy (non-hydrogen) atoms. The summed E-state index contributed by atoms with van der Waals surface area (Å²) >= 11 is 13.9. The van der Waals surface area contributed by atoms with E-state index in [-0.39, 0.29) is 23.8 Å². The van der Waals surface area contributed by atoms with Crippen LogP contribution < -0.4 is 15.0 Å². The van der Waals surface area contributed by atoms with E-state index in [4.69, 9.17) is 27.9 Å². The van der Waals surface area contributed by atoms with Crippen molar-refractivity contribution in [1.29, 1.82) is 0 Å². The second-order valence-electron chi connectivity index (χ2n) is 7.30. The van der Waals surface area contributed by atoms with Gasteiger partial charge in [0.25, 0.3) is 5.91 Å². The van der Waals surface area contributed by atoms with Gasteiger partial charge in [-0.15, -0.1) is 11.8 Å². The molecule has 8 heteroatoms. The first-order valence-corrected chi connectivity index (χ1v) is 11.7. The fraction of sp³-hybridized carbons (Fsp3) is 0.167. The predicted molar refractivity (Wildman–Crippen MR) is 131 cm³/mol. The summed E-state index contributed by atoms with van der Waals surface area (Å²) < 4.78 is 5.62. The molecule has 0 radical (unpaired) electrons. The molecule has 0 aliphatic carbocycles. The third-order valence-corrected chi connectivity index (χ3v) is 6.63. The molecule has 1 saturated heterocycles. The van der Waals surface area contributed by atoms with Crippen molar-refractivity contribution in [1.82, 2.24) is 0 Å². The van der Waals surface area contributed by atoms with Crippen LogP contribution in [0.4, 0.5) is 11.4 Å². The quantitative estimate of drug-likeness (QED) is 0.457. The van der Waals surface area contributed by atoms with Crippen LogP contribution in [-0.2, 0) is 9.59 Å². The van der Waals surface area contributed by atoms with Gasteiger partial charge in [0.1, 0.15) is 11.1 Å². The first-order chi connectivity index (χ1) is 15.4. The maximum Gasteiger partial charge on any atom is 0.262 e. The molecule has 1 heterocycles. The molecule has 1 aliphatic rings. The van der Waals surface area contributed by atoms with E-state index in [2.05, 4.69) is 5.32 Å². The molecule has 1 aliphatic heterocycles. The standard InChI is InChI=1S/C24H20Cl2N2O3S/c1-15-3-2-4-18(11-15)27-22(29)13-31-21-10-5-16(12-20(21)26)24-28(23(30)14-32-24)19-8-6-17(25)7-9-19/h2-12,24H,13-14H2,1H3,(H,27,29)/t24-/m0/s1. The topological polar surface area (TPSA) is 58.6 Å². The van der Waals surface area contributed by atoms with Gasteiger partial charge in [-0.25, -0.2) is 0 Å². The van der Waals surface area contributed by atoms with Gasteiger partial charge in [0.15, 0.2) is 6.61 Å². The third-order valence-electron chi connectivity index (χ3n) is 4.87. The summed E-state index contributed by atoms with van der Waals surface area (Å²) in [4.78, 5) is 26.5. The molecule has 0 spiro atoms. The summed E-state index contributed by atoms with van der Waals surface area (Å²) in [7, 11) is 0. The molecule has 1 atom stereocenters. The molecule has 164 valence electrons. The molecular formula is C24H20Cl2N2O3S. The molecule has 0 saturated carbocycles. The van der Waals surface area contributed by atoms with Crippen LogP contribution in [0, 0.1) is 6.92 Å². The number of hydrogen-bond donors (Lipinski definition) is 1. The zero-order valence-electron chi connectivity index (χ0n) is 17.2. The molecule has 2 amide bonds. The number of halogens is 2. The molecule has 4 rings (SSSR count). The summed E-state index contributed by atoms with van der Waals surface area (Å²) in [5.74, 6) is 0.526. The lowest BCUT2D eigenvalue weighted by Gasteiger charge is -2.25. The number of carbonyl (C=O) groups excluding carboxylic acids is 2. The van der Waals surface area contributed by atoms with Crippen molar-refractivity contribution in [2.75, 3.05) is 22.6 Å².